The van der Waals surface area contributed by atoms with Gasteiger partial charge in [-0.15, -0.1) is 11.6 Å². The number of rotatable bonds is 3. The van der Waals surface area contributed by atoms with Gasteiger partial charge in [0.05, 0.1) is 11.9 Å². The Morgan fingerprint density at radius 1 is 1.58 bits per heavy atom. The molecular weight excluding hydrogens is 174 g/mol. The summed E-state index contributed by atoms with van der Waals surface area (Å²) in [6.07, 6.45) is 2.56. The molecule has 0 aliphatic heterocycles. The molecule has 0 saturated heterocycles. The highest BCUT2D eigenvalue weighted by molar-refractivity contribution is 6.20. The van der Waals surface area contributed by atoms with E-state index in [2.05, 4.69) is 24.0 Å². The van der Waals surface area contributed by atoms with Crippen LogP contribution in [0.2, 0.25) is 0 Å². The Bertz CT molecular complexity index is 244. The van der Waals surface area contributed by atoms with Crippen LogP contribution in [-0.4, -0.2) is 20.4 Å². The minimum absolute atomic E-state index is 0.154. The smallest absolute Gasteiger partial charge is 0.0841 e. The van der Waals surface area contributed by atoms with E-state index in [9.17, 15) is 0 Å². The van der Waals surface area contributed by atoms with Crippen molar-refractivity contribution in [3.05, 3.63) is 11.9 Å². The molecule has 0 N–H and O–H groups in total. The van der Waals surface area contributed by atoms with Crippen molar-refractivity contribution >= 4 is 11.6 Å². The Labute approximate surface area is 77.7 Å². The fourth-order valence-corrected chi connectivity index (χ4v) is 1.07. The summed E-state index contributed by atoms with van der Waals surface area (Å²) in [5.41, 5.74) is 0.964. The van der Waals surface area contributed by atoms with Crippen LogP contribution >= 0.6 is 11.6 Å². The van der Waals surface area contributed by atoms with Crippen molar-refractivity contribution in [2.24, 2.45) is 13.0 Å². The van der Waals surface area contributed by atoms with Crippen molar-refractivity contribution in [1.82, 2.24) is 15.0 Å². The number of nitrogens with zero attached hydrogens (tertiary/aromatic N) is 3. The summed E-state index contributed by atoms with van der Waals surface area (Å²) in [7, 11) is 1.81. The Morgan fingerprint density at radius 2 is 2.25 bits per heavy atom. The van der Waals surface area contributed by atoms with Crippen molar-refractivity contribution in [1.29, 1.82) is 0 Å². The van der Waals surface area contributed by atoms with Crippen molar-refractivity contribution in [3.8, 4) is 0 Å². The topological polar surface area (TPSA) is 30.7 Å². The molecule has 0 amide bonds. The molecule has 1 unspecified atom stereocenters. The molecule has 0 saturated carbocycles. The van der Waals surface area contributed by atoms with Gasteiger partial charge in [-0.2, -0.15) is 15.0 Å². The average Bonchev–Trinajstić information content (AvgIpc) is 2.35. The SMILES string of the molecule is CC(C)C(Cl)Cc1cnn(C)n1. The van der Waals surface area contributed by atoms with Crippen LogP contribution in [-0.2, 0) is 13.5 Å². The molecule has 3 nitrogen and oxygen atoms in total. The van der Waals surface area contributed by atoms with E-state index in [0.717, 1.165) is 12.1 Å². The van der Waals surface area contributed by atoms with Gasteiger partial charge in [0.15, 0.2) is 0 Å². The van der Waals surface area contributed by atoms with Gasteiger partial charge in [-0.3, -0.25) is 0 Å². The van der Waals surface area contributed by atoms with Gasteiger partial charge in [-0.25, -0.2) is 0 Å². The van der Waals surface area contributed by atoms with Crippen LogP contribution < -0.4 is 0 Å². The average molecular weight is 188 g/mol. The minimum Gasteiger partial charge on any atom is -0.188 e. The molecule has 4 heteroatoms. The number of aromatic nitrogens is 3. The third kappa shape index (κ3) is 2.48. The van der Waals surface area contributed by atoms with E-state index < -0.39 is 0 Å². The predicted octanol–water partition coefficient (Wildman–Crippen LogP) is 1.62. The zero-order valence-corrected chi connectivity index (χ0v) is 8.41. The number of hydrogen-bond donors (Lipinski definition) is 0. The van der Waals surface area contributed by atoms with Gasteiger partial charge in [0, 0.05) is 18.8 Å². The van der Waals surface area contributed by atoms with E-state index in [1.165, 1.54) is 0 Å². The summed E-state index contributed by atoms with van der Waals surface area (Å²) in [5.74, 6) is 0.480. The van der Waals surface area contributed by atoms with Gasteiger partial charge in [-0.1, -0.05) is 13.8 Å². The summed E-state index contributed by atoms with van der Waals surface area (Å²) in [5, 5.41) is 8.28. The second-order valence-electron chi connectivity index (χ2n) is 3.29. The fourth-order valence-electron chi connectivity index (χ4n) is 0.917. The number of alkyl halides is 1. The Kier molecular flexibility index (Phi) is 3.09. The van der Waals surface area contributed by atoms with Crippen LogP contribution in [0.3, 0.4) is 0 Å². The van der Waals surface area contributed by atoms with Crippen LogP contribution in [0.1, 0.15) is 19.5 Å². The maximum atomic E-state index is 6.08. The highest BCUT2D eigenvalue weighted by Crippen LogP contribution is 2.13. The van der Waals surface area contributed by atoms with Crippen LogP contribution in [0.4, 0.5) is 0 Å². The molecule has 12 heavy (non-hydrogen) atoms. The summed E-state index contributed by atoms with van der Waals surface area (Å²) in [6.45, 7) is 4.21. The summed E-state index contributed by atoms with van der Waals surface area (Å²) < 4.78 is 0. The van der Waals surface area contributed by atoms with Crippen LogP contribution in [0, 0.1) is 5.92 Å². The minimum atomic E-state index is 0.154. The molecule has 1 atom stereocenters. The molecule has 1 aromatic heterocycles. The van der Waals surface area contributed by atoms with Gasteiger partial charge in [-0.05, 0) is 5.92 Å². The maximum absolute atomic E-state index is 6.08. The summed E-state index contributed by atoms with van der Waals surface area (Å²) >= 11 is 6.08. The molecule has 0 spiro atoms. The van der Waals surface area contributed by atoms with Gasteiger partial charge in [0.1, 0.15) is 0 Å². The normalized spacial score (nSPS) is 13.8. The standard InChI is InChI=1S/C8H14ClN3/c1-6(2)8(9)4-7-5-10-12(3)11-7/h5-6,8H,4H2,1-3H3. The van der Waals surface area contributed by atoms with Crippen LogP contribution in [0.25, 0.3) is 0 Å². The quantitative estimate of drug-likeness (QED) is 0.674. The van der Waals surface area contributed by atoms with Crippen molar-refractivity contribution in [2.75, 3.05) is 0 Å². The first-order valence-corrected chi connectivity index (χ1v) is 4.52. The van der Waals surface area contributed by atoms with Gasteiger partial charge in [0.2, 0.25) is 0 Å². The highest BCUT2D eigenvalue weighted by atomic mass is 35.5. The van der Waals surface area contributed by atoms with E-state index >= 15 is 0 Å². The molecule has 0 radical (unpaired) electrons. The molecule has 1 aromatic rings. The molecular formula is C8H14ClN3. The van der Waals surface area contributed by atoms with Crippen molar-refractivity contribution in [2.45, 2.75) is 25.6 Å². The Hall–Kier alpha value is -0.570. The number of halogens is 1. The summed E-state index contributed by atoms with van der Waals surface area (Å²) in [4.78, 5) is 1.55. The number of hydrogen-bond acceptors (Lipinski definition) is 2. The number of aryl methyl sites for hydroxylation is 1. The Balaban J connectivity index is 2.52. The second kappa shape index (κ2) is 3.90. The maximum Gasteiger partial charge on any atom is 0.0841 e. The zero-order chi connectivity index (χ0) is 9.14. The Morgan fingerprint density at radius 3 is 2.67 bits per heavy atom. The molecule has 1 rings (SSSR count). The van der Waals surface area contributed by atoms with Crippen LogP contribution in [0.5, 0.6) is 0 Å². The van der Waals surface area contributed by atoms with Crippen molar-refractivity contribution < 1.29 is 0 Å². The van der Waals surface area contributed by atoms with E-state index in [0.29, 0.717) is 5.92 Å². The van der Waals surface area contributed by atoms with Crippen LogP contribution in [0.15, 0.2) is 6.20 Å². The van der Waals surface area contributed by atoms with Gasteiger partial charge in [0.25, 0.3) is 0 Å². The molecule has 1 heterocycles. The van der Waals surface area contributed by atoms with E-state index in [4.69, 9.17) is 11.6 Å². The van der Waals surface area contributed by atoms with E-state index in [1.807, 2.05) is 7.05 Å². The molecule has 0 aromatic carbocycles. The first-order valence-electron chi connectivity index (χ1n) is 4.09. The lowest BCUT2D eigenvalue weighted by atomic mass is 10.1. The van der Waals surface area contributed by atoms with E-state index in [1.54, 1.807) is 11.0 Å². The lowest BCUT2D eigenvalue weighted by molar-refractivity contribution is 0.581. The monoisotopic (exact) mass is 187 g/mol. The third-order valence-corrected chi connectivity index (χ3v) is 2.43. The fraction of sp³-hybridized carbons (Fsp3) is 0.750. The van der Waals surface area contributed by atoms with Gasteiger partial charge >= 0.3 is 0 Å². The predicted molar refractivity (Wildman–Crippen MR) is 49.2 cm³/mol. The lowest BCUT2D eigenvalue weighted by Crippen LogP contribution is -2.11. The second-order valence-corrected chi connectivity index (χ2v) is 3.85. The van der Waals surface area contributed by atoms with Gasteiger partial charge < -0.3 is 0 Å². The molecule has 0 aliphatic rings. The summed E-state index contributed by atoms with van der Waals surface area (Å²) in [6, 6.07) is 0. The molecule has 68 valence electrons. The zero-order valence-electron chi connectivity index (χ0n) is 7.66. The first-order chi connectivity index (χ1) is 5.59. The molecule has 0 fully saturated rings. The van der Waals surface area contributed by atoms with Crippen molar-refractivity contribution in [3.63, 3.8) is 0 Å². The van der Waals surface area contributed by atoms with E-state index in [-0.39, 0.29) is 5.38 Å². The first kappa shape index (κ1) is 9.52. The lowest BCUT2D eigenvalue weighted by Gasteiger charge is -2.10. The third-order valence-electron chi connectivity index (χ3n) is 1.77. The largest absolute Gasteiger partial charge is 0.188 e. The highest BCUT2D eigenvalue weighted by Gasteiger charge is 2.11. The molecule has 0 aliphatic carbocycles. The molecule has 0 bridgehead atoms.